The highest BCUT2D eigenvalue weighted by Crippen LogP contribution is 2.69. The molecule has 4 saturated carbocycles. The SMILES string of the molecule is C=C1CCC(N2Cc3cc(O[C@H]4CCCC[C@H]4NCC45CC(F)(C4)C5)ccc3C2=O)C(=O)N1. The van der Waals surface area contributed by atoms with Gasteiger partial charge in [0.25, 0.3) is 5.91 Å². The first-order chi connectivity index (χ1) is 15.8. The molecular formula is C26H32FN3O3. The summed E-state index contributed by atoms with van der Waals surface area (Å²) >= 11 is 0. The molecule has 0 aromatic heterocycles. The first kappa shape index (κ1) is 21.1. The van der Waals surface area contributed by atoms with Crippen LogP contribution in [0.2, 0.25) is 0 Å². The highest BCUT2D eigenvalue weighted by Gasteiger charge is 2.68. The van der Waals surface area contributed by atoms with Crippen molar-refractivity contribution in [3.05, 3.63) is 41.6 Å². The number of nitrogens with zero attached hydrogens (tertiary/aromatic N) is 1. The van der Waals surface area contributed by atoms with Gasteiger partial charge in [0, 0.05) is 30.4 Å². The number of fused-ring (bicyclic) bond motifs is 1. The molecule has 1 saturated heterocycles. The number of hydrogen-bond donors (Lipinski definition) is 2. The molecule has 1 unspecified atom stereocenters. The van der Waals surface area contributed by atoms with Gasteiger partial charge in [-0.25, -0.2) is 4.39 Å². The smallest absolute Gasteiger partial charge is 0.255 e. The van der Waals surface area contributed by atoms with E-state index in [1.807, 2.05) is 18.2 Å². The molecule has 33 heavy (non-hydrogen) atoms. The van der Waals surface area contributed by atoms with Crippen molar-refractivity contribution in [1.29, 1.82) is 0 Å². The fourth-order valence-electron chi connectivity index (χ4n) is 6.75. The molecule has 3 atom stereocenters. The van der Waals surface area contributed by atoms with E-state index in [2.05, 4.69) is 17.2 Å². The van der Waals surface area contributed by atoms with Crippen LogP contribution >= 0.6 is 0 Å². The molecule has 0 spiro atoms. The average molecular weight is 454 g/mol. The van der Waals surface area contributed by atoms with Crippen molar-refractivity contribution in [2.75, 3.05) is 6.54 Å². The van der Waals surface area contributed by atoms with E-state index < -0.39 is 11.7 Å². The van der Waals surface area contributed by atoms with Crippen LogP contribution in [0.25, 0.3) is 0 Å². The fourth-order valence-corrected chi connectivity index (χ4v) is 6.75. The molecule has 7 rings (SSSR count). The van der Waals surface area contributed by atoms with Gasteiger partial charge in [0.1, 0.15) is 23.6 Å². The summed E-state index contributed by atoms with van der Waals surface area (Å²) in [5, 5.41) is 6.48. The first-order valence-corrected chi connectivity index (χ1v) is 12.3. The number of halogens is 1. The van der Waals surface area contributed by atoms with Crippen molar-refractivity contribution in [1.82, 2.24) is 15.5 Å². The van der Waals surface area contributed by atoms with Crippen LogP contribution in [0.1, 0.15) is 73.7 Å². The number of carbonyl (C=O) groups excluding carboxylic acids is 2. The maximum absolute atomic E-state index is 13.9. The topological polar surface area (TPSA) is 70.7 Å². The molecule has 2 heterocycles. The lowest BCUT2D eigenvalue weighted by molar-refractivity contribution is -0.211. The van der Waals surface area contributed by atoms with E-state index in [1.165, 1.54) is 6.42 Å². The summed E-state index contributed by atoms with van der Waals surface area (Å²) in [6.07, 6.45) is 7.90. The highest BCUT2D eigenvalue weighted by atomic mass is 19.1. The van der Waals surface area contributed by atoms with E-state index in [9.17, 15) is 14.0 Å². The number of alkyl halides is 1. The molecular weight excluding hydrogens is 421 g/mol. The van der Waals surface area contributed by atoms with Crippen LogP contribution in [0.5, 0.6) is 5.75 Å². The predicted octanol–water partition coefficient (Wildman–Crippen LogP) is 3.61. The Bertz CT molecular complexity index is 1000. The molecule has 2 amide bonds. The second-order valence-electron chi connectivity index (χ2n) is 11.0. The van der Waals surface area contributed by atoms with Gasteiger partial charge in [0.2, 0.25) is 5.91 Å². The lowest BCUT2D eigenvalue weighted by atomic mass is 9.42. The van der Waals surface area contributed by atoms with Crippen LogP contribution in [-0.2, 0) is 11.3 Å². The lowest BCUT2D eigenvalue weighted by Gasteiger charge is -2.66. The molecule has 1 aromatic carbocycles. The largest absolute Gasteiger partial charge is 0.489 e. The zero-order valence-corrected chi connectivity index (χ0v) is 19.0. The fraction of sp³-hybridized carbons (Fsp3) is 0.615. The van der Waals surface area contributed by atoms with Crippen molar-refractivity contribution in [2.24, 2.45) is 5.41 Å². The summed E-state index contributed by atoms with van der Waals surface area (Å²) in [7, 11) is 0. The number of benzene rings is 1. The number of amides is 2. The monoisotopic (exact) mass is 453 g/mol. The third-order valence-electron chi connectivity index (χ3n) is 8.41. The van der Waals surface area contributed by atoms with Crippen LogP contribution in [0, 0.1) is 5.41 Å². The van der Waals surface area contributed by atoms with Crippen LogP contribution in [0.3, 0.4) is 0 Å². The Morgan fingerprint density at radius 2 is 1.97 bits per heavy atom. The summed E-state index contributed by atoms with van der Waals surface area (Å²) in [6, 6.07) is 5.50. The molecule has 0 radical (unpaired) electrons. The number of nitrogens with one attached hydrogen (secondary N) is 2. The number of allylic oxidation sites excluding steroid dienone is 1. The predicted molar refractivity (Wildman–Crippen MR) is 121 cm³/mol. The van der Waals surface area contributed by atoms with Gasteiger partial charge in [-0.15, -0.1) is 0 Å². The highest BCUT2D eigenvalue weighted by molar-refractivity contribution is 6.01. The molecule has 2 bridgehead atoms. The minimum absolute atomic E-state index is 0.0758. The number of rotatable bonds is 6. The maximum atomic E-state index is 13.9. The molecule has 2 N–H and O–H groups in total. The molecule has 2 aliphatic heterocycles. The second-order valence-corrected chi connectivity index (χ2v) is 11.0. The van der Waals surface area contributed by atoms with Crippen LogP contribution in [0.4, 0.5) is 4.39 Å². The number of hydrogen-bond acceptors (Lipinski definition) is 4. The normalized spacial score (nSPS) is 37.2. The molecule has 1 aromatic rings. The second kappa shape index (κ2) is 7.55. The number of piperidine rings is 1. The van der Waals surface area contributed by atoms with Gasteiger partial charge in [-0.05, 0) is 80.5 Å². The van der Waals surface area contributed by atoms with Crippen molar-refractivity contribution >= 4 is 11.8 Å². The zero-order chi connectivity index (χ0) is 22.8. The van der Waals surface area contributed by atoms with Crippen molar-refractivity contribution < 1.29 is 18.7 Å². The Morgan fingerprint density at radius 3 is 2.73 bits per heavy atom. The van der Waals surface area contributed by atoms with E-state index in [-0.39, 0.29) is 29.4 Å². The molecule has 7 heteroatoms. The van der Waals surface area contributed by atoms with Gasteiger partial charge < -0.3 is 20.3 Å². The molecule has 176 valence electrons. The van der Waals surface area contributed by atoms with Gasteiger partial charge in [-0.2, -0.15) is 0 Å². The summed E-state index contributed by atoms with van der Waals surface area (Å²) in [5.41, 5.74) is 1.61. The van der Waals surface area contributed by atoms with E-state index in [0.717, 1.165) is 37.1 Å². The van der Waals surface area contributed by atoms with Crippen molar-refractivity contribution in [2.45, 2.75) is 88.2 Å². The van der Waals surface area contributed by atoms with E-state index in [4.69, 9.17) is 4.74 Å². The minimum Gasteiger partial charge on any atom is -0.489 e. The number of carbonyl (C=O) groups is 2. The van der Waals surface area contributed by atoms with Gasteiger partial charge in [0.15, 0.2) is 0 Å². The van der Waals surface area contributed by atoms with Crippen LogP contribution < -0.4 is 15.4 Å². The molecule has 6 aliphatic rings. The zero-order valence-electron chi connectivity index (χ0n) is 19.0. The Kier molecular flexibility index (Phi) is 4.84. The van der Waals surface area contributed by atoms with Crippen LogP contribution in [-0.4, -0.2) is 47.1 Å². The third-order valence-corrected chi connectivity index (χ3v) is 8.41. The summed E-state index contributed by atoms with van der Waals surface area (Å²) in [4.78, 5) is 27.0. The summed E-state index contributed by atoms with van der Waals surface area (Å²) in [5.74, 6) is 0.532. The van der Waals surface area contributed by atoms with E-state index in [0.29, 0.717) is 49.9 Å². The standard InChI is InChI=1S/C26H32FN3O3/c1-16-6-9-21(23(31)29-16)30-11-17-10-18(7-8-19(17)24(30)32)33-22-5-3-2-4-20(22)28-15-25-12-26(27,13-25)14-25/h7-8,10,20-22,28H,1-6,9,11-15H2,(H,29,31)/t20-,21?,22+,25?,26?/m1/s1. The Hall–Kier alpha value is -2.41. The summed E-state index contributed by atoms with van der Waals surface area (Å²) < 4.78 is 20.3. The van der Waals surface area contributed by atoms with Crippen molar-refractivity contribution in [3.63, 3.8) is 0 Å². The quantitative estimate of drug-likeness (QED) is 0.691. The molecule has 6 nitrogen and oxygen atoms in total. The van der Waals surface area contributed by atoms with Crippen LogP contribution in [0.15, 0.2) is 30.5 Å². The average Bonchev–Trinajstić information content (AvgIpc) is 3.06. The van der Waals surface area contributed by atoms with Gasteiger partial charge >= 0.3 is 0 Å². The number of ether oxygens (including phenoxy) is 1. The van der Waals surface area contributed by atoms with Gasteiger partial charge in [-0.1, -0.05) is 13.0 Å². The third kappa shape index (κ3) is 3.65. The van der Waals surface area contributed by atoms with Gasteiger partial charge in [0.05, 0.1) is 0 Å². The molecule has 4 aliphatic carbocycles. The Morgan fingerprint density at radius 1 is 1.18 bits per heavy atom. The summed E-state index contributed by atoms with van der Waals surface area (Å²) in [6.45, 7) is 5.13. The Labute approximate surface area is 193 Å². The van der Waals surface area contributed by atoms with Gasteiger partial charge in [-0.3, -0.25) is 9.59 Å². The minimum atomic E-state index is -0.855. The van der Waals surface area contributed by atoms with E-state index in [1.54, 1.807) is 4.90 Å². The Balaban J connectivity index is 1.11. The van der Waals surface area contributed by atoms with Crippen molar-refractivity contribution in [3.8, 4) is 5.75 Å². The van der Waals surface area contributed by atoms with E-state index >= 15 is 0 Å². The lowest BCUT2D eigenvalue weighted by Crippen LogP contribution is -2.68. The first-order valence-electron chi connectivity index (χ1n) is 12.3. The molecule has 5 fully saturated rings. The maximum Gasteiger partial charge on any atom is 0.255 e.